The predicted molar refractivity (Wildman–Crippen MR) is 128 cm³/mol. The number of amides is 2. The molecule has 0 heterocycles. The highest BCUT2D eigenvalue weighted by Crippen LogP contribution is 2.37. The molecule has 0 radical (unpaired) electrons. The average molecular weight is 534 g/mol. The number of alkyl halides is 3. The van der Waals surface area contributed by atoms with Crippen LogP contribution in [-0.4, -0.2) is 50.0 Å². The summed E-state index contributed by atoms with van der Waals surface area (Å²) in [6.07, 6.45) is -4.05. The zero-order valence-corrected chi connectivity index (χ0v) is 21.2. The van der Waals surface area contributed by atoms with E-state index in [1.54, 1.807) is 44.2 Å². The zero-order valence-electron chi connectivity index (χ0n) is 19.6. The quantitative estimate of drug-likeness (QED) is 0.526. The Morgan fingerprint density at radius 2 is 1.66 bits per heavy atom. The Hall–Kier alpha value is -2.79. The van der Waals surface area contributed by atoms with Gasteiger partial charge in [-0.15, -0.1) is 0 Å². The number of carbonyl (C=O) groups excluding carboxylic acids is 2. The van der Waals surface area contributed by atoms with Gasteiger partial charge in [0.1, 0.15) is 12.6 Å². The predicted octanol–water partition coefficient (Wildman–Crippen LogP) is 4.07. The Labute approximate surface area is 207 Å². The van der Waals surface area contributed by atoms with Crippen LogP contribution in [0.3, 0.4) is 0 Å². The summed E-state index contributed by atoms with van der Waals surface area (Å²) < 4.78 is 65.6. The first-order valence-corrected chi connectivity index (χ1v) is 12.8. The summed E-state index contributed by atoms with van der Waals surface area (Å²) in [5.41, 5.74) is -0.929. The zero-order chi connectivity index (χ0) is 26.6. The number of nitrogens with zero attached hydrogens (tertiary/aromatic N) is 2. The van der Waals surface area contributed by atoms with Gasteiger partial charge in [-0.25, -0.2) is 8.42 Å². The number of benzene rings is 2. The van der Waals surface area contributed by atoms with Crippen molar-refractivity contribution in [1.29, 1.82) is 0 Å². The first-order chi connectivity index (χ1) is 16.1. The van der Waals surface area contributed by atoms with Gasteiger partial charge in [-0.05, 0) is 44.5 Å². The van der Waals surface area contributed by atoms with Crippen LogP contribution in [0.25, 0.3) is 0 Å². The number of sulfonamides is 1. The first-order valence-electron chi connectivity index (χ1n) is 10.6. The average Bonchev–Trinajstić information content (AvgIpc) is 2.74. The van der Waals surface area contributed by atoms with Crippen molar-refractivity contribution in [1.82, 2.24) is 10.2 Å². The molecule has 0 unspecified atom stereocenters. The number of hydrogen-bond acceptors (Lipinski definition) is 4. The summed E-state index contributed by atoms with van der Waals surface area (Å²) in [5, 5.41) is 2.10. The van der Waals surface area contributed by atoms with Crippen LogP contribution in [0.1, 0.15) is 31.9 Å². The van der Waals surface area contributed by atoms with Gasteiger partial charge in [-0.1, -0.05) is 41.9 Å². The molecule has 192 valence electrons. The number of halogens is 4. The standard InChI is InChI=1S/C23H27ClF3N3O4S/c1-15(2)28-22(32)16(3)29(13-17-8-6-5-7-9-17)21(31)14-30(35(4,33)34)18-10-11-20(24)19(12-18)23(25,26)27/h5-12,15-16H,13-14H2,1-4H3,(H,28,32)/t16-/m1/s1. The van der Waals surface area contributed by atoms with Gasteiger partial charge in [0.2, 0.25) is 21.8 Å². The van der Waals surface area contributed by atoms with Crippen LogP contribution in [0.2, 0.25) is 5.02 Å². The lowest BCUT2D eigenvalue weighted by Crippen LogP contribution is -2.52. The summed E-state index contributed by atoms with van der Waals surface area (Å²) in [5.74, 6) is -1.23. The van der Waals surface area contributed by atoms with Crippen molar-refractivity contribution in [2.75, 3.05) is 17.1 Å². The van der Waals surface area contributed by atoms with E-state index in [1.165, 1.54) is 11.8 Å². The summed E-state index contributed by atoms with van der Waals surface area (Å²) in [6.45, 7) is 4.16. The molecule has 0 saturated carbocycles. The number of anilines is 1. The normalized spacial score (nSPS) is 12.8. The molecular weight excluding hydrogens is 507 g/mol. The van der Waals surface area contributed by atoms with Gasteiger partial charge in [0.15, 0.2) is 0 Å². The smallest absolute Gasteiger partial charge is 0.352 e. The second kappa shape index (κ2) is 11.3. The van der Waals surface area contributed by atoms with Crippen molar-refractivity contribution in [3.63, 3.8) is 0 Å². The Morgan fingerprint density at radius 3 is 2.17 bits per heavy atom. The van der Waals surface area contributed by atoms with Crippen LogP contribution < -0.4 is 9.62 Å². The van der Waals surface area contributed by atoms with Crippen molar-refractivity contribution in [3.8, 4) is 0 Å². The molecule has 0 aliphatic rings. The Balaban J connectivity index is 2.46. The van der Waals surface area contributed by atoms with Crippen molar-refractivity contribution in [2.45, 2.75) is 45.6 Å². The minimum Gasteiger partial charge on any atom is -0.352 e. The van der Waals surface area contributed by atoms with Crippen LogP contribution in [-0.2, 0) is 32.3 Å². The van der Waals surface area contributed by atoms with Crippen LogP contribution in [0.15, 0.2) is 48.5 Å². The van der Waals surface area contributed by atoms with E-state index >= 15 is 0 Å². The summed E-state index contributed by atoms with van der Waals surface area (Å²) in [7, 11) is -4.18. The van der Waals surface area contributed by atoms with Crippen LogP contribution in [0.5, 0.6) is 0 Å². The summed E-state index contributed by atoms with van der Waals surface area (Å²) >= 11 is 5.66. The van der Waals surface area contributed by atoms with Crippen molar-refractivity contribution in [3.05, 3.63) is 64.7 Å². The largest absolute Gasteiger partial charge is 0.417 e. The highest BCUT2D eigenvalue weighted by atomic mass is 35.5. The monoisotopic (exact) mass is 533 g/mol. The molecule has 0 fully saturated rings. The van der Waals surface area contributed by atoms with E-state index in [1.807, 2.05) is 0 Å². The lowest BCUT2D eigenvalue weighted by Gasteiger charge is -2.32. The molecule has 0 saturated heterocycles. The second-order valence-corrected chi connectivity index (χ2v) is 10.6. The summed E-state index contributed by atoms with van der Waals surface area (Å²) in [6, 6.07) is 10.1. The van der Waals surface area contributed by atoms with Gasteiger partial charge < -0.3 is 10.2 Å². The molecule has 7 nitrogen and oxygen atoms in total. The third-order valence-electron chi connectivity index (χ3n) is 5.02. The van der Waals surface area contributed by atoms with E-state index in [4.69, 9.17) is 11.6 Å². The molecule has 12 heteroatoms. The SMILES string of the molecule is CC(C)NC(=O)[C@@H](C)N(Cc1ccccc1)C(=O)CN(c1ccc(Cl)c(C(F)(F)F)c1)S(C)(=O)=O. The third kappa shape index (κ3) is 7.86. The molecule has 2 aromatic carbocycles. The fraction of sp³-hybridized carbons (Fsp3) is 0.391. The highest BCUT2D eigenvalue weighted by molar-refractivity contribution is 7.92. The van der Waals surface area contributed by atoms with E-state index in [2.05, 4.69) is 5.32 Å². The van der Waals surface area contributed by atoms with Crippen LogP contribution >= 0.6 is 11.6 Å². The second-order valence-electron chi connectivity index (χ2n) is 8.28. The molecule has 0 aliphatic heterocycles. The first kappa shape index (κ1) is 28.4. The van der Waals surface area contributed by atoms with Gasteiger partial charge in [0.05, 0.1) is 22.5 Å². The molecule has 0 spiro atoms. The fourth-order valence-electron chi connectivity index (χ4n) is 3.27. The van der Waals surface area contributed by atoms with Gasteiger partial charge in [0, 0.05) is 12.6 Å². The van der Waals surface area contributed by atoms with Crippen molar-refractivity contribution < 1.29 is 31.2 Å². The van der Waals surface area contributed by atoms with Gasteiger partial charge in [-0.2, -0.15) is 13.2 Å². The molecule has 2 rings (SSSR count). The van der Waals surface area contributed by atoms with E-state index in [9.17, 15) is 31.2 Å². The van der Waals surface area contributed by atoms with Crippen LogP contribution in [0.4, 0.5) is 18.9 Å². The minimum atomic E-state index is -4.83. The fourth-order valence-corrected chi connectivity index (χ4v) is 4.33. The minimum absolute atomic E-state index is 0.0155. The van der Waals surface area contributed by atoms with E-state index in [-0.39, 0.29) is 18.3 Å². The Morgan fingerprint density at radius 1 is 1.06 bits per heavy atom. The molecule has 2 aromatic rings. The van der Waals surface area contributed by atoms with E-state index in [0.29, 0.717) is 15.9 Å². The third-order valence-corrected chi connectivity index (χ3v) is 6.49. The number of carbonyl (C=O) groups is 2. The Bertz CT molecular complexity index is 1160. The van der Waals surface area contributed by atoms with Gasteiger partial charge >= 0.3 is 6.18 Å². The lowest BCUT2D eigenvalue weighted by atomic mass is 10.1. The lowest BCUT2D eigenvalue weighted by molar-refractivity contribution is -0.139. The highest BCUT2D eigenvalue weighted by Gasteiger charge is 2.35. The summed E-state index contributed by atoms with van der Waals surface area (Å²) in [4.78, 5) is 27.2. The van der Waals surface area contributed by atoms with Crippen LogP contribution in [0, 0.1) is 0 Å². The molecule has 35 heavy (non-hydrogen) atoms. The molecule has 0 aromatic heterocycles. The van der Waals surface area contributed by atoms with E-state index < -0.39 is 51.2 Å². The van der Waals surface area contributed by atoms with Crippen molar-refractivity contribution in [2.24, 2.45) is 0 Å². The number of hydrogen-bond donors (Lipinski definition) is 1. The molecule has 0 bridgehead atoms. The Kier molecular flexibility index (Phi) is 9.18. The molecular formula is C23H27ClF3N3O4S. The molecule has 1 atom stereocenters. The van der Waals surface area contributed by atoms with Gasteiger partial charge in [0.25, 0.3) is 0 Å². The number of rotatable bonds is 9. The van der Waals surface area contributed by atoms with E-state index in [0.717, 1.165) is 18.4 Å². The maximum absolute atomic E-state index is 13.3. The maximum atomic E-state index is 13.3. The van der Waals surface area contributed by atoms with Gasteiger partial charge in [-0.3, -0.25) is 13.9 Å². The maximum Gasteiger partial charge on any atom is 0.417 e. The van der Waals surface area contributed by atoms with Crippen molar-refractivity contribution >= 4 is 39.1 Å². The molecule has 2 amide bonds. The number of nitrogens with one attached hydrogen (secondary N) is 1. The topological polar surface area (TPSA) is 86.8 Å². The molecule has 1 N–H and O–H groups in total. The molecule has 0 aliphatic carbocycles.